The first-order valence-corrected chi connectivity index (χ1v) is 8.91. The van der Waals surface area contributed by atoms with Crippen molar-refractivity contribution in [1.82, 2.24) is 5.32 Å². The second-order valence-corrected chi connectivity index (χ2v) is 7.06. The van der Waals surface area contributed by atoms with Crippen LogP contribution < -0.4 is 10.1 Å². The third kappa shape index (κ3) is 9.82. The van der Waals surface area contributed by atoms with Crippen molar-refractivity contribution in [2.45, 2.75) is 51.5 Å². The van der Waals surface area contributed by atoms with Gasteiger partial charge in [0.2, 0.25) is 0 Å². The Hall–Kier alpha value is -2.31. The van der Waals surface area contributed by atoms with E-state index in [0.29, 0.717) is 19.6 Å². The highest BCUT2D eigenvalue weighted by Gasteiger charge is 2.22. The van der Waals surface area contributed by atoms with Crippen molar-refractivity contribution in [1.29, 1.82) is 0 Å². The minimum atomic E-state index is -0.875. The Morgan fingerprint density at radius 3 is 2.52 bits per heavy atom. The van der Waals surface area contributed by atoms with Crippen molar-refractivity contribution >= 4 is 6.09 Å². The summed E-state index contributed by atoms with van der Waals surface area (Å²) in [5.41, 5.74) is 0.430. The van der Waals surface area contributed by atoms with E-state index in [1.807, 2.05) is 24.3 Å². The van der Waals surface area contributed by atoms with E-state index < -0.39 is 23.8 Å². The van der Waals surface area contributed by atoms with E-state index in [0.717, 1.165) is 11.3 Å². The molecule has 0 radical (unpaired) electrons. The number of hydrogen-bond donors (Lipinski definition) is 2. The van der Waals surface area contributed by atoms with Gasteiger partial charge in [0.1, 0.15) is 11.4 Å². The summed E-state index contributed by atoms with van der Waals surface area (Å²) in [5.74, 6) is 0.799. The fraction of sp³-hybridized carbons (Fsp3) is 0.476. The molecule has 2 atom stereocenters. The predicted molar refractivity (Wildman–Crippen MR) is 106 cm³/mol. The molecular weight excluding hydrogens is 346 g/mol. The molecule has 0 aliphatic heterocycles. The lowest BCUT2D eigenvalue weighted by Gasteiger charge is -2.24. The van der Waals surface area contributed by atoms with Crippen LogP contribution in [0, 0.1) is 0 Å². The second kappa shape index (κ2) is 11.4. The molecule has 27 heavy (non-hydrogen) atoms. The summed E-state index contributed by atoms with van der Waals surface area (Å²) in [7, 11) is 1.62. The Morgan fingerprint density at radius 1 is 1.30 bits per heavy atom. The van der Waals surface area contributed by atoms with Crippen molar-refractivity contribution in [3.05, 3.63) is 54.6 Å². The van der Waals surface area contributed by atoms with Gasteiger partial charge in [-0.2, -0.15) is 0 Å². The average Bonchev–Trinajstić information content (AvgIpc) is 2.60. The van der Waals surface area contributed by atoms with Crippen molar-refractivity contribution in [3.8, 4) is 5.75 Å². The van der Waals surface area contributed by atoms with Gasteiger partial charge in [-0.1, -0.05) is 30.4 Å². The maximum absolute atomic E-state index is 11.9. The van der Waals surface area contributed by atoms with Crippen molar-refractivity contribution in [2.75, 3.05) is 13.7 Å². The van der Waals surface area contributed by atoms with Gasteiger partial charge in [0.15, 0.2) is 0 Å². The van der Waals surface area contributed by atoms with Gasteiger partial charge >= 0.3 is 6.09 Å². The van der Waals surface area contributed by atoms with E-state index in [9.17, 15) is 9.90 Å². The zero-order valence-corrected chi connectivity index (χ0v) is 16.6. The van der Waals surface area contributed by atoms with E-state index in [-0.39, 0.29) is 0 Å². The van der Waals surface area contributed by atoms with Gasteiger partial charge in [0.05, 0.1) is 32.5 Å². The van der Waals surface area contributed by atoms with E-state index in [1.54, 1.807) is 46.1 Å². The van der Waals surface area contributed by atoms with E-state index in [2.05, 4.69) is 11.9 Å². The number of benzene rings is 1. The number of nitrogens with one attached hydrogen (secondary N) is 1. The summed E-state index contributed by atoms with van der Waals surface area (Å²) in [6.07, 6.45) is 3.93. The first kappa shape index (κ1) is 22.7. The summed E-state index contributed by atoms with van der Waals surface area (Å²) in [4.78, 5) is 11.9. The SMILES string of the molecule is C=CCC(NC(=O)OC(C)(C)C)C(O)C=CCOCc1ccc(OC)cc1. The van der Waals surface area contributed by atoms with Crippen molar-refractivity contribution < 1.29 is 24.1 Å². The van der Waals surface area contributed by atoms with Crippen LogP contribution in [0.5, 0.6) is 5.75 Å². The summed E-state index contributed by atoms with van der Waals surface area (Å²) in [6, 6.07) is 7.10. The molecule has 0 heterocycles. The summed E-state index contributed by atoms with van der Waals surface area (Å²) < 4.78 is 15.9. The quantitative estimate of drug-likeness (QED) is 0.481. The van der Waals surface area contributed by atoms with Crippen molar-refractivity contribution in [3.63, 3.8) is 0 Å². The van der Waals surface area contributed by atoms with E-state index in [4.69, 9.17) is 14.2 Å². The minimum Gasteiger partial charge on any atom is -0.497 e. The standard InChI is InChI=1S/C21H31NO5/c1-6-8-18(22-20(24)27-21(2,3)4)19(23)9-7-14-26-15-16-10-12-17(25-5)13-11-16/h6-7,9-13,18-19,23H,1,8,14-15H2,2-5H3,(H,22,24). The molecule has 0 bridgehead atoms. The highest BCUT2D eigenvalue weighted by molar-refractivity contribution is 5.68. The van der Waals surface area contributed by atoms with E-state index >= 15 is 0 Å². The summed E-state index contributed by atoms with van der Waals surface area (Å²) in [5, 5.41) is 13.0. The topological polar surface area (TPSA) is 77.0 Å². The van der Waals surface area contributed by atoms with Crippen LogP contribution >= 0.6 is 0 Å². The first-order chi connectivity index (χ1) is 12.7. The van der Waals surface area contributed by atoms with Crippen LogP contribution in [0.15, 0.2) is 49.1 Å². The van der Waals surface area contributed by atoms with Gasteiger partial charge in [-0.3, -0.25) is 0 Å². The molecule has 1 amide bonds. The van der Waals surface area contributed by atoms with E-state index in [1.165, 1.54) is 0 Å². The van der Waals surface area contributed by atoms with Crippen LogP contribution in [-0.2, 0) is 16.1 Å². The highest BCUT2D eigenvalue weighted by atomic mass is 16.6. The van der Waals surface area contributed by atoms with Gasteiger partial charge in [0.25, 0.3) is 0 Å². The number of aliphatic hydroxyl groups is 1. The molecule has 0 aliphatic rings. The molecule has 1 aromatic carbocycles. The lowest BCUT2D eigenvalue weighted by molar-refractivity contribution is 0.0456. The highest BCUT2D eigenvalue weighted by Crippen LogP contribution is 2.12. The van der Waals surface area contributed by atoms with Crippen LogP contribution in [0.1, 0.15) is 32.8 Å². The molecule has 6 nitrogen and oxygen atoms in total. The average molecular weight is 377 g/mol. The Kier molecular flexibility index (Phi) is 9.61. The lowest BCUT2D eigenvalue weighted by atomic mass is 10.1. The molecule has 0 aromatic heterocycles. The third-order valence-electron chi connectivity index (χ3n) is 3.51. The van der Waals surface area contributed by atoms with Gasteiger partial charge in [-0.15, -0.1) is 6.58 Å². The number of carbonyl (C=O) groups excluding carboxylic acids is 1. The molecule has 0 spiro atoms. The molecule has 0 saturated carbocycles. The maximum Gasteiger partial charge on any atom is 0.407 e. The predicted octanol–water partition coefficient (Wildman–Crippen LogP) is 3.60. The number of alkyl carbamates (subject to hydrolysis) is 1. The fourth-order valence-electron chi connectivity index (χ4n) is 2.22. The van der Waals surface area contributed by atoms with Crippen LogP contribution in [0.3, 0.4) is 0 Å². The van der Waals surface area contributed by atoms with Crippen LogP contribution in [-0.4, -0.2) is 42.7 Å². The van der Waals surface area contributed by atoms with Gasteiger partial charge < -0.3 is 24.6 Å². The van der Waals surface area contributed by atoms with Crippen LogP contribution in [0.4, 0.5) is 4.79 Å². The third-order valence-corrected chi connectivity index (χ3v) is 3.51. The largest absolute Gasteiger partial charge is 0.497 e. The van der Waals surface area contributed by atoms with Gasteiger partial charge in [-0.25, -0.2) is 4.79 Å². The molecule has 1 aromatic rings. The molecule has 1 rings (SSSR count). The number of methoxy groups -OCH3 is 1. The monoisotopic (exact) mass is 377 g/mol. The zero-order valence-electron chi connectivity index (χ0n) is 16.6. The summed E-state index contributed by atoms with van der Waals surface area (Å²) in [6.45, 7) is 9.81. The van der Waals surface area contributed by atoms with Crippen LogP contribution in [0.2, 0.25) is 0 Å². The molecule has 0 fully saturated rings. The zero-order chi connectivity index (χ0) is 20.3. The molecule has 0 saturated heterocycles. The molecule has 2 N–H and O–H groups in total. The molecule has 0 aliphatic carbocycles. The normalized spacial score (nSPS) is 13.8. The Balaban J connectivity index is 2.43. The van der Waals surface area contributed by atoms with Crippen molar-refractivity contribution in [2.24, 2.45) is 0 Å². The number of carbonyl (C=O) groups is 1. The number of rotatable bonds is 10. The second-order valence-electron chi connectivity index (χ2n) is 7.06. The van der Waals surface area contributed by atoms with Gasteiger partial charge in [0, 0.05) is 0 Å². The number of ether oxygens (including phenoxy) is 3. The number of amides is 1. The van der Waals surface area contributed by atoms with Gasteiger partial charge in [-0.05, 0) is 44.9 Å². The number of aliphatic hydroxyl groups excluding tert-OH is 1. The Bertz CT molecular complexity index is 604. The first-order valence-electron chi connectivity index (χ1n) is 8.91. The molecular formula is C21H31NO5. The van der Waals surface area contributed by atoms with Crippen LogP contribution in [0.25, 0.3) is 0 Å². The number of hydrogen-bond acceptors (Lipinski definition) is 5. The molecule has 6 heteroatoms. The summed E-state index contributed by atoms with van der Waals surface area (Å²) >= 11 is 0. The smallest absolute Gasteiger partial charge is 0.407 e. The Morgan fingerprint density at radius 2 is 1.96 bits per heavy atom. The maximum atomic E-state index is 11.9. The Labute approximate surface area is 161 Å². The lowest BCUT2D eigenvalue weighted by Crippen LogP contribution is -2.44. The molecule has 150 valence electrons. The molecule has 2 unspecified atom stereocenters. The minimum absolute atomic E-state index is 0.344. The fourth-order valence-corrected chi connectivity index (χ4v) is 2.22.